The molecular weight excluding hydrogens is 138 g/mol. The highest BCUT2D eigenvalue weighted by Gasteiger charge is 2.41. The van der Waals surface area contributed by atoms with E-state index in [9.17, 15) is 4.79 Å². The van der Waals surface area contributed by atoms with Gasteiger partial charge < -0.3 is 4.79 Å². The van der Waals surface area contributed by atoms with Crippen LogP contribution in [0.25, 0.3) is 0 Å². The second-order valence-corrected chi connectivity index (χ2v) is 4.79. The normalized spacial score (nSPS) is 24.4. The number of rotatable bonds is 2. The first-order valence-corrected chi connectivity index (χ1v) is 4.09. The van der Waals surface area contributed by atoms with Crippen LogP contribution in [0.1, 0.15) is 27.7 Å². The van der Waals surface area contributed by atoms with E-state index in [1.807, 2.05) is 13.8 Å². The smallest absolute Gasteiger partial charge is 0.139 e. The van der Waals surface area contributed by atoms with Crippen molar-refractivity contribution in [3.8, 4) is 0 Å². The summed E-state index contributed by atoms with van der Waals surface area (Å²) in [7, 11) is 0. The van der Waals surface area contributed by atoms with Gasteiger partial charge in [0.05, 0.1) is 5.54 Å². The molecule has 0 aliphatic carbocycles. The third-order valence-corrected chi connectivity index (χ3v) is 2.34. The summed E-state index contributed by atoms with van der Waals surface area (Å²) >= 11 is 0. The molecule has 0 unspecified atom stereocenters. The van der Waals surface area contributed by atoms with E-state index in [1.54, 1.807) is 0 Å². The summed E-state index contributed by atoms with van der Waals surface area (Å²) < 4.78 is 0. The average molecular weight is 155 g/mol. The van der Waals surface area contributed by atoms with E-state index in [2.05, 4.69) is 18.7 Å². The highest BCUT2D eigenvalue weighted by Crippen LogP contribution is 2.33. The molecule has 64 valence electrons. The fourth-order valence-electron chi connectivity index (χ4n) is 1.47. The number of hydrogen-bond acceptors (Lipinski definition) is 2. The minimum absolute atomic E-state index is 0.254. The molecule has 0 aromatic heterocycles. The molecule has 1 rings (SSSR count). The molecule has 2 nitrogen and oxygen atoms in total. The molecule has 0 aromatic carbocycles. The summed E-state index contributed by atoms with van der Waals surface area (Å²) in [5.41, 5.74) is 0.163. The van der Waals surface area contributed by atoms with Crippen LogP contribution in [0.3, 0.4) is 0 Å². The van der Waals surface area contributed by atoms with Crippen LogP contribution in [0.4, 0.5) is 0 Å². The summed E-state index contributed by atoms with van der Waals surface area (Å²) in [5, 5.41) is 0. The van der Waals surface area contributed by atoms with Crippen molar-refractivity contribution in [3.05, 3.63) is 0 Å². The van der Waals surface area contributed by atoms with Crippen LogP contribution in [-0.2, 0) is 4.79 Å². The van der Waals surface area contributed by atoms with Gasteiger partial charge in [-0.1, -0.05) is 13.8 Å². The Morgan fingerprint density at radius 2 is 1.82 bits per heavy atom. The Balaban J connectivity index is 2.49. The van der Waals surface area contributed by atoms with E-state index in [4.69, 9.17) is 0 Å². The van der Waals surface area contributed by atoms with Gasteiger partial charge in [-0.05, 0) is 19.3 Å². The van der Waals surface area contributed by atoms with E-state index in [0.717, 1.165) is 19.4 Å². The third kappa shape index (κ3) is 1.62. The Hall–Kier alpha value is -0.370. The van der Waals surface area contributed by atoms with Crippen molar-refractivity contribution in [2.45, 2.75) is 33.2 Å². The van der Waals surface area contributed by atoms with E-state index < -0.39 is 0 Å². The molecule has 0 N–H and O–H groups in total. The minimum atomic E-state index is -0.254. The second kappa shape index (κ2) is 2.31. The first-order valence-electron chi connectivity index (χ1n) is 4.09. The number of hydrogen-bond donors (Lipinski definition) is 0. The zero-order valence-electron chi connectivity index (χ0n) is 7.85. The standard InChI is InChI=1S/C9H17NO/c1-8(2)5-10(6-8)9(3,4)7-11/h7H,5-6H2,1-4H3. The third-order valence-electron chi connectivity index (χ3n) is 2.34. The van der Waals surface area contributed by atoms with Gasteiger partial charge in [0.2, 0.25) is 0 Å². The van der Waals surface area contributed by atoms with E-state index in [0.29, 0.717) is 5.41 Å². The van der Waals surface area contributed by atoms with E-state index >= 15 is 0 Å². The first-order chi connectivity index (χ1) is 4.87. The quantitative estimate of drug-likeness (QED) is 0.560. The van der Waals surface area contributed by atoms with Gasteiger partial charge in [0, 0.05) is 13.1 Å². The predicted octanol–water partition coefficient (Wildman–Crippen LogP) is 1.31. The first kappa shape index (κ1) is 8.72. The molecule has 0 radical (unpaired) electrons. The SMILES string of the molecule is CC1(C)CN(C(C)(C)C=O)C1. The zero-order chi connectivity index (χ0) is 8.70. The highest BCUT2D eigenvalue weighted by molar-refractivity contribution is 5.63. The Morgan fingerprint density at radius 3 is 2.09 bits per heavy atom. The van der Waals surface area contributed by atoms with Crippen LogP contribution in [0.2, 0.25) is 0 Å². The molecule has 1 aliphatic heterocycles. The zero-order valence-corrected chi connectivity index (χ0v) is 7.85. The van der Waals surface area contributed by atoms with Crippen LogP contribution in [-0.4, -0.2) is 29.8 Å². The molecule has 0 atom stereocenters. The summed E-state index contributed by atoms with van der Waals surface area (Å²) in [5.74, 6) is 0. The van der Waals surface area contributed by atoms with Crippen molar-refractivity contribution in [2.24, 2.45) is 5.41 Å². The van der Waals surface area contributed by atoms with Gasteiger partial charge in [-0.3, -0.25) is 4.90 Å². The van der Waals surface area contributed by atoms with Gasteiger partial charge in [-0.15, -0.1) is 0 Å². The Labute approximate surface area is 68.6 Å². The van der Waals surface area contributed by atoms with Gasteiger partial charge in [0.25, 0.3) is 0 Å². The molecule has 1 heterocycles. The van der Waals surface area contributed by atoms with Crippen LogP contribution >= 0.6 is 0 Å². The number of nitrogens with zero attached hydrogens (tertiary/aromatic N) is 1. The molecular formula is C9H17NO. The molecule has 0 saturated carbocycles. The molecule has 0 bridgehead atoms. The van der Waals surface area contributed by atoms with E-state index in [-0.39, 0.29) is 5.54 Å². The molecule has 0 spiro atoms. The van der Waals surface area contributed by atoms with Gasteiger partial charge in [0.1, 0.15) is 6.29 Å². The molecule has 2 heteroatoms. The lowest BCUT2D eigenvalue weighted by molar-refractivity contribution is -0.124. The van der Waals surface area contributed by atoms with Crippen LogP contribution in [0, 0.1) is 5.41 Å². The fourth-order valence-corrected chi connectivity index (χ4v) is 1.47. The van der Waals surface area contributed by atoms with Crippen molar-refractivity contribution in [3.63, 3.8) is 0 Å². The Bertz CT molecular complexity index is 164. The Kier molecular flexibility index (Phi) is 1.83. The van der Waals surface area contributed by atoms with Gasteiger partial charge in [0.15, 0.2) is 0 Å². The molecule has 0 aromatic rings. The predicted molar refractivity (Wildman–Crippen MR) is 45.5 cm³/mol. The van der Waals surface area contributed by atoms with Crippen molar-refractivity contribution in [2.75, 3.05) is 13.1 Å². The summed E-state index contributed by atoms with van der Waals surface area (Å²) in [6.07, 6.45) is 1.03. The van der Waals surface area contributed by atoms with Gasteiger partial charge in [-0.25, -0.2) is 0 Å². The molecule has 1 saturated heterocycles. The Morgan fingerprint density at radius 1 is 1.36 bits per heavy atom. The van der Waals surface area contributed by atoms with Crippen molar-refractivity contribution < 1.29 is 4.79 Å². The second-order valence-electron chi connectivity index (χ2n) is 4.79. The maximum atomic E-state index is 10.6. The fraction of sp³-hybridized carbons (Fsp3) is 0.889. The monoisotopic (exact) mass is 155 g/mol. The van der Waals surface area contributed by atoms with Crippen molar-refractivity contribution >= 4 is 6.29 Å². The molecule has 11 heavy (non-hydrogen) atoms. The summed E-state index contributed by atoms with van der Waals surface area (Å²) in [6.45, 7) is 10.5. The van der Waals surface area contributed by atoms with Gasteiger partial charge in [-0.2, -0.15) is 0 Å². The molecule has 1 fully saturated rings. The minimum Gasteiger partial charge on any atom is -0.301 e. The number of carbonyl (C=O) groups excluding carboxylic acids is 1. The van der Waals surface area contributed by atoms with Crippen molar-refractivity contribution in [1.29, 1.82) is 0 Å². The molecule has 1 aliphatic rings. The number of likely N-dealkylation sites (tertiary alicyclic amines) is 1. The van der Waals surface area contributed by atoms with Crippen molar-refractivity contribution in [1.82, 2.24) is 4.90 Å². The van der Waals surface area contributed by atoms with Gasteiger partial charge >= 0.3 is 0 Å². The summed E-state index contributed by atoms with van der Waals surface area (Å²) in [6, 6.07) is 0. The lowest BCUT2D eigenvalue weighted by atomic mass is 9.81. The topological polar surface area (TPSA) is 20.3 Å². The maximum absolute atomic E-state index is 10.6. The van der Waals surface area contributed by atoms with Crippen LogP contribution < -0.4 is 0 Å². The lowest BCUT2D eigenvalue weighted by Gasteiger charge is -2.51. The average Bonchev–Trinajstić information content (AvgIpc) is 1.83. The van der Waals surface area contributed by atoms with E-state index in [1.165, 1.54) is 0 Å². The van der Waals surface area contributed by atoms with Crippen LogP contribution in [0.15, 0.2) is 0 Å². The highest BCUT2D eigenvalue weighted by atomic mass is 16.1. The van der Waals surface area contributed by atoms with Crippen LogP contribution in [0.5, 0.6) is 0 Å². The molecule has 0 amide bonds. The largest absolute Gasteiger partial charge is 0.301 e. The summed E-state index contributed by atoms with van der Waals surface area (Å²) in [4.78, 5) is 12.8. The number of carbonyl (C=O) groups is 1. The lowest BCUT2D eigenvalue weighted by Crippen LogP contribution is -2.61. The maximum Gasteiger partial charge on any atom is 0.139 e. The number of aldehydes is 1.